The fraction of sp³-hybridized carbons (Fsp3) is 0.467. The molecular formula is C15H19N3O4. The number of rotatable bonds is 2. The molecular weight excluding hydrogens is 286 g/mol. The lowest BCUT2D eigenvalue weighted by Gasteiger charge is -2.39. The van der Waals surface area contributed by atoms with Crippen LogP contribution in [0.4, 0.5) is 0 Å². The smallest absolute Gasteiger partial charge is 0.274 e. The van der Waals surface area contributed by atoms with E-state index in [1.165, 1.54) is 4.90 Å². The van der Waals surface area contributed by atoms with Crippen LogP contribution in [0.3, 0.4) is 0 Å². The number of aromatic nitrogens is 2. The van der Waals surface area contributed by atoms with E-state index in [0.29, 0.717) is 24.4 Å². The Labute approximate surface area is 127 Å². The Morgan fingerprint density at radius 1 is 1.55 bits per heavy atom. The summed E-state index contributed by atoms with van der Waals surface area (Å²) in [6, 6.07) is 5.26. The van der Waals surface area contributed by atoms with E-state index in [1.54, 1.807) is 19.1 Å². The monoisotopic (exact) mass is 305 g/mol. The van der Waals surface area contributed by atoms with Crippen molar-refractivity contribution in [3.63, 3.8) is 0 Å². The van der Waals surface area contributed by atoms with Crippen molar-refractivity contribution in [1.82, 2.24) is 15.1 Å². The molecule has 0 radical (unpaired) electrons. The molecule has 0 bridgehead atoms. The summed E-state index contributed by atoms with van der Waals surface area (Å²) in [5, 5.41) is 26.6. The molecule has 0 saturated carbocycles. The lowest BCUT2D eigenvalue weighted by atomic mass is 9.90. The van der Waals surface area contributed by atoms with Gasteiger partial charge >= 0.3 is 0 Å². The number of carbonyl (C=O) groups excluding carboxylic acids is 1. The Kier molecular flexibility index (Phi) is 3.54. The summed E-state index contributed by atoms with van der Waals surface area (Å²) in [5.74, 6) is 1.12. The predicted octanol–water partition coefficient (Wildman–Crippen LogP) is 0.936. The highest BCUT2D eigenvalue weighted by atomic mass is 16.3. The Morgan fingerprint density at radius 2 is 2.32 bits per heavy atom. The first-order valence-corrected chi connectivity index (χ1v) is 7.19. The third-order valence-corrected chi connectivity index (χ3v) is 4.09. The fourth-order valence-corrected chi connectivity index (χ4v) is 2.51. The van der Waals surface area contributed by atoms with Gasteiger partial charge in [-0.05, 0) is 32.4 Å². The molecule has 0 unspecified atom stereocenters. The predicted molar refractivity (Wildman–Crippen MR) is 78.2 cm³/mol. The number of aryl methyl sites for hydroxylation is 1. The zero-order valence-corrected chi connectivity index (χ0v) is 12.5. The maximum atomic E-state index is 12.4. The second-order valence-corrected chi connectivity index (χ2v) is 5.95. The molecule has 0 spiro atoms. The second kappa shape index (κ2) is 5.26. The highest BCUT2D eigenvalue weighted by Crippen LogP contribution is 2.24. The van der Waals surface area contributed by atoms with Crippen molar-refractivity contribution in [2.45, 2.75) is 32.0 Å². The molecule has 7 nitrogen and oxygen atoms in total. The molecule has 1 aliphatic heterocycles. The molecule has 2 aromatic rings. The quantitative estimate of drug-likeness (QED) is 0.766. The molecule has 7 heteroatoms. The Balaban J connectivity index is 1.75. The van der Waals surface area contributed by atoms with Gasteiger partial charge in [-0.3, -0.25) is 9.89 Å². The summed E-state index contributed by atoms with van der Waals surface area (Å²) in [6.07, 6.45) is -0.634. The van der Waals surface area contributed by atoms with Crippen LogP contribution in [0.1, 0.15) is 29.6 Å². The van der Waals surface area contributed by atoms with Crippen LogP contribution in [0.5, 0.6) is 0 Å². The van der Waals surface area contributed by atoms with E-state index in [2.05, 4.69) is 10.2 Å². The number of aromatic amines is 1. The van der Waals surface area contributed by atoms with E-state index < -0.39 is 11.7 Å². The molecule has 3 rings (SSSR count). The summed E-state index contributed by atoms with van der Waals surface area (Å²) >= 11 is 0. The molecule has 3 N–H and O–H groups in total. The lowest BCUT2D eigenvalue weighted by Crippen LogP contribution is -2.55. The van der Waals surface area contributed by atoms with Crippen molar-refractivity contribution >= 4 is 5.91 Å². The molecule has 2 atom stereocenters. The van der Waals surface area contributed by atoms with Crippen molar-refractivity contribution < 1.29 is 19.4 Å². The average Bonchev–Trinajstić information content (AvgIpc) is 3.09. The Morgan fingerprint density at radius 3 is 2.95 bits per heavy atom. The number of nitrogens with zero attached hydrogens (tertiary/aromatic N) is 2. The molecule has 22 heavy (non-hydrogen) atoms. The third-order valence-electron chi connectivity index (χ3n) is 4.09. The first-order valence-electron chi connectivity index (χ1n) is 7.19. The maximum absolute atomic E-state index is 12.4. The molecule has 1 aliphatic rings. The van der Waals surface area contributed by atoms with E-state index in [0.717, 1.165) is 5.76 Å². The molecule has 0 aromatic carbocycles. The van der Waals surface area contributed by atoms with E-state index in [9.17, 15) is 15.0 Å². The fourth-order valence-electron chi connectivity index (χ4n) is 2.51. The average molecular weight is 305 g/mol. The van der Waals surface area contributed by atoms with Gasteiger partial charge in [0, 0.05) is 19.2 Å². The number of β-amino-alcohol motifs (C(OH)–C–C–N with tert-alkyl or cyclic N) is 1. The normalized spacial score (nSPS) is 25.5. The second-order valence-electron chi connectivity index (χ2n) is 5.95. The van der Waals surface area contributed by atoms with E-state index >= 15 is 0 Å². The standard InChI is InChI=1S/C15H19N3O4/c1-9-3-4-12(22-9)10-7-11(17-16-10)14(20)18-6-5-15(2,21)13(19)8-18/h3-4,7,13,19,21H,5-6,8H2,1-2H3,(H,16,17)/t13-,15+/m0/s1. The zero-order valence-electron chi connectivity index (χ0n) is 12.5. The molecule has 1 amide bonds. The van der Waals surface area contributed by atoms with Gasteiger partial charge in [-0.25, -0.2) is 0 Å². The van der Waals surface area contributed by atoms with Crippen molar-refractivity contribution in [3.05, 3.63) is 29.7 Å². The number of piperidine rings is 1. The number of likely N-dealkylation sites (tertiary alicyclic amines) is 1. The van der Waals surface area contributed by atoms with Crippen LogP contribution in [0.15, 0.2) is 22.6 Å². The van der Waals surface area contributed by atoms with Crippen molar-refractivity contribution in [3.8, 4) is 11.5 Å². The molecule has 118 valence electrons. The number of H-pyrrole nitrogens is 1. The topological polar surface area (TPSA) is 103 Å². The van der Waals surface area contributed by atoms with Crippen LogP contribution in [0, 0.1) is 6.92 Å². The van der Waals surface area contributed by atoms with Crippen LogP contribution >= 0.6 is 0 Å². The van der Waals surface area contributed by atoms with Gasteiger partial charge in [0.1, 0.15) is 11.5 Å². The SMILES string of the molecule is Cc1ccc(-c2cc(C(=O)N3CC[C@@](C)(O)[C@@H](O)C3)n[nH]2)o1. The number of aliphatic hydroxyl groups excluding tert-OH is 1. The highest BCUT2D eigenvalue weighted by molar-refractivity contribution is 5.93. The molecule has 0 aliphatic carbocycles. The molecule has 1 saturated heterocycles. The lowest BCUT2D eigenvalue weighted by molar-refractivity contribution is -0.0999. The minimum atomic E-state index is -1.15. The van der Waals surface area contributed by atoms with Gasteiger partial charge < -0.3 is 19.5 Å². The summed E-state index contributed by atoms with van der Waals surface area (Å²) in [6.45, 7) is 3.89. The maximum Gasteiger partial charge on any atom is 0.274 e. The first kappa shape index (κ1) is 14.8. The summed E-state index contributed by atoms with van der Waals surface area (Å²) in [5.41, 5.74) is -0.266. The van der Waals surface area contributed by atoms with Crippen LogP contribution in [0.25, 0.3) is 11.5 Å². The number of amides is 1. The van der Waals surface area contributed by atoms with Crippen LogP contribution in [-0.2, 0) is 0 Å². The zero-order chi connectivity index (χ0) is 15.9. The Hall–Kier alpha value is -2.12. The molecule has 2 aromatic heterocycles. The largest absolute Gasteiger partial charge is 0.460 e. The third kappa shape index (κ3) is 2.65. The van der Waals surface area contributed by atoms with Gasteiger partial charge in [-0.15, -0.1) is 0 Å². The van der Waals surface area contributed by atoms with Gasteiger partial charge in [-0.1, -0.05) is 0 Å². The van der Waals surface area contributed by atoms with Crippen molar-refractivity contribution in [2.75, 3.05) is 13.1 Å². The molecule has 1 fully saturated rings. The van der Waals surface area contributed by atoms with Gasteiger partial charge in [-0.2, -0.15) is 5.10 Å². The summed E-state index contributed by atoms with van der Waals surface area (Å²) < 4.78 is 5.48. The van der Waals surface area contributed by atoms with Crippen LogP contribution < -0.4 is 0 Å². The number of hydrogen-bond donors (Lipinski definition) is 3. The van der Waals surface area contributed by atoms with Crippen LogP contribution in [0.2, 0.25) is 0 Å². The van der Waals surface area contributed by atoms with E-state index in [4.69, 9.17) is 4.42 Å². The summed E-state index contributed by atoms with van der Waals surface area (Å²) in [7, 11) is 0. The van der Waals surface area contributed by atoms with Crippen molar-refractivity contribution in [1.29, 1.82) is 0 Å². The number of furan rings is 1. The van der Waals surface area contributed by atoms with Gasteiger partial charge in [0.05, 0.1) is 11.7 Å². The first-order chi connectivity index (χ1) is 10.4. The number of aliphatic hydroxyl groups is 2. The van der Waals surface area contributed by atoms with E-state index in [1.807, 2.05) is 13.0 Å². The summed E-state index contributed by atoms with van der Waals surface area (Å²) in [4.78, 5) is 13.9. The number of hydrogen-bond acceptors (Lipinski definition) is 5. The Bertz CT molecular complexity index is 689. The van der Waals surface area contributed by atoms with Crippen LogP contribution in [-0.4, -0.2) is 56.0 Å². The number of carbonyl (C=O) groups is 1. The number of nitrogens with one attached hydrogen (secondary N) is 1. The van der Waals surface area contributed by atoms with Gasteiger partial charge in [0.15, 0.2) is 11.5 Å². The van der Waals surface area contributed by atoms with E-state index in [-0.39, 0.29) is 18.1 Å². The minimum Gasteiger partial charge on any atom is -0.460 e. The minimum absolute atomic E-state index is 0.0912. The highest BCUT2D eigenvalue weighted by Gasteiger charge is 2.38. The molecule has 3 heterocycles. The van der Waals surface area contributed by atoms with Gasteiger partial charge in [0.2, 0.25) is 0 Å². The van der Waals surface area contributed by atoms with Crippen molar-refractivity contribution in [2.24, 2.45) is 0 Å². The van der Waals surface area contributed by atoms with Gasteiger partial charge in [0.25, 0.3) is 5.91 Å².